The van der Waals surface area contributed by atoms with Crippen LogP contribution in [0.3, 0.4) is 0 Å². The van der Waals surface area contributed by atoms with Gasteiger partial charge in [0.15, 0.2) is 0 Å². The van der Waals surface area contributed by atoms with E-state index in [1.807, 2.05) is 19.9 Å². The molecule has 0 heterocycles. The summed E-state index contributed by atoms with van der Waals surface area (Å²) in [5.74, 6) is 0.159. The van der Waals surface area contributed by atoms with Crippen molar-refractivity contribution in [1.29, 1.82) is 0 Å². The quantitative estimate of drug-likeness (QED) is 0.510. The van der Waals surface area contributed by atoms with E-state index in [1.165, 1.54) is 5.57 Å². The summed E-state index contributed by atoms with van der Waals surface area (Å²) in [7, 11) is 0. The van der Waals surface area contributed by atoms with Crippen LogP contribution in [0.15, 0.2) is 11.6 Å². The fraction of sp³-hybridized carbons (Fsp3) is 0.800. The fourth-order valence-electron chi connectivity index (χ4n) is 1.48. The lowest BCUT2D eigenvalue weighted by Gasteiger charge is -2.31. The molecule has 0 amide bonds. The summed E-state index contributed by atoms with van der Waals surface area (Å²) in [5, 5.41) is 0. The minimum atomic E-state index is -0.917. The molecule has 0 aromatic rings. The Kier molecular flexibility index (Phi) is 2.36. The molecule has 0 aromatic heterocycles. The summed E-state index contributed by atoms with van der Waals surface area (Å²) in [6, 6.07) is 0. The zero-order valence-electron chi connectivity index (χ0n) is 7.65. The van der Waals surface area contributed by atoms with Crippen LogP contribution in [0.5, 0.6) is 0 Å². The van der Waals surface area contributed by atoms with Crippen LogP contribution >= 0.6 is 0 Å². The van der Waals surface area contributed by atoms with Gasteiger partial charge in [-0.15, -0.1) is 0 Å². The Morgan fingerprint density at radius 3 is 2.55 bits per heavy atom. The number of allylic oxidation sites excluding steroid dienone is 2. The smallest absolute Gasteiger partial charge is 0.117 e. The second-order valence-electron chi connectivity index (χ2n) is 3.94. The van der Waals surface area contributed by atoms with Crippen molar-refractivity contribution in [2.24, 2.45) is 5.92 Å². The van der Waals surface area contributed by atoms with Gasteiger partial charge in [-0.2, -0.15) is 0 Å². The Labute approximate surface area is 68.5 Å². The molecule has 1 heteroatoms. The van der Waals surface area contributed by atoms with Crippen molar-refractivity contribution >= 4 is 0 Å². The van der Waals surface area contributed by atoms with Gasteiger partial charge in [-0.1, -0.05) is 25.5 Å². The molecule has 0 nitrogen and oxygen atoms in total. The zero-order valence-corrected chi connectivity index (χ0v) is 7.65. The van der Waals surface area contributed by atoms with Crippen LogP contribution in [0.4, 0.5) is 4.39 Å². The van der Waals surface area contributed by atoms with Crippen LogP contribution in [0.1, 0.15) is 40.0 Å². The third-order valence-electron chi connectivity index (χ3n) is 2.76. The summed E-state index contributed by atoms with van der Waals surface area (Å²) in [4.78, 5) is 0. The van der Waals surface area contributed by atoms with Gasteiger partial charge >= 0.3 is 0 Å². The molecule has 0 aliphatic heterocycles. The summed E-state index contributed by atoms with van der Waals surface area (Å²) < 4.78 is 13.8. The van der Waals surface area contributed by atoms with E-state index < -0.39 is 5.67 Å². The predicted octanol–water partition coefficient (Wildman–Crippen LogP) is 3.48. The molecular formula is C10H17F. The standard InChI is InChI=1S/C10H17F/c1-8(2)10(11)6-4-9(3)5-7-10/h4,8H,5-7H2,1-3H3/t10-/m1/s1. The van der Waals surface area contributed by atoms with Gasteiger partial charge in [-0.05, 0) is 32.1 Å². The number of alkyl halides is 1. The second kappa shape index (κ2) is 2.96. The second-order valence-corrected chi connectivity index (χ2v) is 3.94. The minimum absolute atomic E-state index is 0.159. The molecule has 0 saturated carbocycles. The lowest BCUT2D eigenvalue weighted by atomic mass is 9.80. The third kappa shape index (κ3) is 1.82. The van der Waals surface area contributed by atoms with E-state index in [1.54, 1.807) is 0 Å². The van der Waals surface area contributed by atoms with E-state index in [-0.39, 0.29) is 5.92 Å². The van der Waals surface area contributed by atoms with Crippen molar-refractivity contribution in [3.05, 3.63) is 11.6 Å². The molecule has 0 N–H and O–H groups in total. The van der Waals surface area contributed by atoms with E-state index in [0.717, 1.165) is 6.42 Å². The van der Waals surface area contributed by atoms with Gasteiger partial charge in [0.1, 0.15) is 5.67 Å². The van der Waals surface area contributed by atoms with Crippen LogP contribution in [-0.4, -0.2) is 5.67 Å². The molecule has 1 aliphatic rings. The van der Waals surface area contributed by atoms with Gasteiger partial charge in [0, 0.05) is 0 Å². The van der Waals surface area contributed by atoms with Crippen molar-refractivity contribution in [3.63, 3.8) is 0 Å². The van der Waals surface area contributed by atoms with Crippen molar-refractivity contribution in [3.8, 4) is 0 Å². The number of hydrogen-bond acceptors (Lipinski definition) is 0. The number of hydrogen-bond donors (Lipinski definition) is 0. The van der Waals surface area contributed by atoms with Gasteiger partial charge in [0.25, 0.3) is 0 Å². The van der Waals surface area contributed by atoms with Crippen LogP contribution in [0.25, 0.3) is 0 Å². The van der Waals surface area contributed by atoms with Gasteiger partial charge in [-0.25, -0.2) is 4.39 Å². The Bertz CT molecular complexity index is 170. The van der Waals surface area contributed by atoms with E-state index in [9.17, 15) is 4.39 Å². The Morgan fingerprint density at radius 1 is 1.55 bits per heavy atom. The third-order valence-corrected chi connectivity index (χ3v) is 2.76. The molecule has 0 unspecified atom stereocenters. The molecule has 1 aliphatic carbocycles. The monoisotopic (exact) mass is 156 g/mol. The first-order valence-electron chi connectivity index (χ1n) is 4.39. The first-order chi connectivity index (χ1) is 5.04. The lowest BCUT2D eigenvalue weighted by Crippen LogP contribution is -2.31. The molecule has 0 aromatic carbocycles. The molecule has 64 valence electrons. The average molecular weight is 156 g/mol. The first kappa shape index (κ1) is 8.76. The Morgan fingerprint density at radius 2 is 2.18 bits per heavy atom. The van der Waals surface area contributed by atoms with E-state index in [0.29, 0.717) is 12.8 Å². The maximum absolute atomic E-state index is 13.8. The molecule has 0 bridgehead atoms. The maximum Gasteiger partial charge on any atom is 0.117 e. The molecule has 11 heavy (non-hydrogen) atoms. The average Bonchev–Trinajstić information content (AvgIpc) is 1.95. The predicted molar refractivity (Wildman–Crippen MR) is 46.3 cm³/mol. The number of halogens is 1. The summed E-state index contributed by atoms with van der Waals surface area (Å²) in [5.41, 5.74) is 0.429. The van der Waals surface area contributed by atoms with E-state index >= 15 is 0 Å². The van der Waals surface area contributed by atoms with Crippen LogP contribution in [0, 0.1) is 5.92 Å². The zero-order chi connectivity index (χ0) is 8.48. The Balaban J connectivity index is 2.64. The van der Waals surface area contributed by atoms with E-state index in [2.05, 4.69) is 6.92 Å². The van der Waals surface area contributed by atoms with Crippen molar-refractivity contribution in [1.82, 2.24) is 0 Å². The maximum atomic E-state index is 13.8. The van der Waals surface area contributed by atoms with Crippen LogP contribution in [-0.2, 0) is 0 Å². The largest absolute Gasteiger partial charge is 0.243 e. The highest BCUT2D eigenvalue weighted by atomic mass is 19.1. The topological polar surface area (TPSA) is 0 Å². The highest BCUT2D eigenvalue weighted by molar-refractivity contribution is 5.08. The van der Waals surface area contributed by atoms with Gasteiger partial charge in [0.2, 0.25) is 0 Å². The highest BCUT2D eigenvalue weighted by Gasteiger charge is 2.33. The van der Waals surface area contributed by atoms with E-state index in [4.69, 9.17) is 0 Å². The summed E-state index contributed by atoms with van der Waals surface area (Å²) in [6.45, 7) is 6.02. The van der Waals surface area contributed by atoms with Crippen LogP contribution in [0.2, 0.25) is 0 Å². The lowest BCUT2D eigenvalue weighted by molar-refractivity contribution is 0.0871. The summed E-state index contributed by atoms with van der Waals surface area (Å²) in [6.07, 6.45) is 4.32. The normalized spacial score (nSPS) is 32.3. The molecule has 0 saturated heterocycles. The van der Waals surface area contributed by atoms with Crippen LogP contribution < -0.4 is 0 Å². The van der Waals surface area contributed by atoms with Gasteiger partial charge in [0.05, 0.1) is 0 Å². The van der Waals surface area contributed by atoms with Gasteiger partial charge < -0.3 is 0 Å². The highest BCUT2D eigenvalue weighted by Crippen LogP contribution is 2.36. The molecule has 0 radical (unpaired) electrons. The minimum Gasteiger partial charge on any atom is -0.243 e. The number of rotatable bonds is 1. The molecule has 0 fully saturated rings. The first-order valence-corrected chi connectivity index (χ1v) is 4.39. The Hall–Kier alpha value is -0.330. The van der Waals surface area contributed by atoms with Crippen molar-refractivity contribution < 1.29 is 4.39 Å². The van der Waals surface area contributed by atoms with Crippen molar-refractivity contribution in [2.45, 2.75) is 45.7 Å². The molecule has 1 rings (SSSR count). The molecule has 1 atom stereocenters. The summed E-state index contributed by atoms with van der Waals surface area (Å²) >= 11 is 0. The SMILES string of the molecule is CC1=CC[C@](F)(C(C)C)CC1. The van der Waals surface area contributed by atoms with Crippen molar-refractivity contribution in [2.75, 3.05) is 0 Å². The van der Waals surface area contributed by atoms with Gasteiger partial charge in [-0.3, -0.25) is 0 Å². The molecular weight excluding hydrogens is 139 g/mol. The molecule has 0 spiro atoms. The fourth-order valence-corrected chi connectivity index (χ4v) is 1.48.